The molecule has 0 radical (unpaired) electrons. The molecule has 1 N–H and O–H groups in total. The summed E-state index contributed by atoms with van der Waals surface area (Å²) >= 11 is 0. The Morgan fingerprint density at radius 1 is 1.22 bits per heavy atom. The van der Waals surface area contributed by atoms with Crippen molar-refractivity contribution in [3.63, 3.8) is 0 Å². The Labute approximate surface area is 134 Å². The maximum Gasteiger partial charge on any atom is 0.408 e. The van der Waals surface area contributed by atoms with Crippen molar-refractivity contribution in [1.82, 2.24) is 5.32 Å². The number of ether oxygens (including phenoxy) is 2. The van der Waals surface area contributed by atoms with E-state index < -0.39 is 11.9 Å². The summed E-state index contributed by atoms with van der Waals surface area (Å²) in [6.07, 6.45) is -0.547. The molecule has 0 heterocycles. The molecule has 0 saturated heterocycles. The van der Waals surface area contributed by atoms with E-state index >= 15 is 0 Å². The molecule has 1 amide bonds. The molecule has 0 unspecified atom stereocenters. The number of halogens is 1. The molecule has 0 spiro atoms. The first-order chi connectivity index (χ1) is 11.2. The van der Waals surface area contributed by atoms with E-state index in [2.05, 4.69) is 17.2 Å². The lowest BCUT2D eigenvalue weighted by Gasteiger charge is -2.04. The van der Waals surface area contributed by atoms with Crippen molar-refractivity contribution in [2.45, 2.75) is 6.61 Å². The molecule has 0 aliphatic heterocycles. The van der Waals surface area contributed by atoms with Gasteiger partial charge in [0.2, 0.25) is 0 Å². The molecule has 0 aliphatic rings. The highest BCUT2D eigenvalue weighted by molar-refractivity contribution is 5.67. The Hall–Kier alpha value is -3.00. The van der Waals surface area contributed by atoms with E-state index in [-0.39, 0.29) is 13.2 Å². The Morgan fingerprint density at radius 2 is 2.00 bits per heavy atom. The lowest BCUT2D eigenvalue weighted by atomic mass is 10.2. The predicted octanol–water partition coefficient (Wildman–Crippen LogP) is 3.11. The van der Waals surface area contributed by atoms with Crippen molar-refractivity contribution in [3.05, 3.63) is 65.5 Å². The van der Waals surface area contributed by atoms with Gasteiger partial charge in [0.25, 0.3) is 0 Å². The fourth-order valence-corrected chi connectivity index (χ4v) is 1.80. The summed E-state index contributed by atoms with van der Waals surface area (Å²) in [6.45, 7) is 0.319. The van der Waals surface area contributed by atoms with Crippen LogP contribution in [0.4, 0.5) is 9.18 Å². The third kappa shape index (κ3) is 5.36. The second-order valence-electron chi connectivity index (χ2n) is 4.56. The third-order valence-corrected chi connectivity index (χ3v) is 2.92. The lowest BCUT2D eigenvalue weighted by Crippen LogP contribution is -2.24. The van der Waals surface area contributed by atoms with Gasteiger partial charge in [0.15, 0.2) is 0 Å². The average Bonchev–Trinajstić information content (AvgIpc) is 2.58. The molecule has 23 heavy (non-hydrogen) atoms. The minimum atomic E-state index is -0.547. The molecule has 4 nitrogen and oxygen atoms in total. The summed E-state index contributed by atoms with van der Waals surface area (Å²) in [4.78, 5) is 11.5. The van der Waals surface area contributed by atoms with Crippen LogP contribution in [0.1, 0.15) is 11.1 Å². The zero-order valence-corrected chi connectivity index (χ0v) is 12.6. The van der Waals surface area contributed by atoms with E-state index in [0.29, 0.717) is 11.3 Å². The minimum Gasteiger partial charge on any atom is -0.495 e. The van der Waals surface area contributed by atoms with E-state index in [9.17, 15) is 9.18 Å². The van der Waals surface area contributed by atoms with E-state index in [1.165, 1.54) is 25.3 Å². The Kier molecular flexibility index (Phi) is 6.01. The maximum atomic E-state index is 13.1. The second kappa shape index (κ2) is 8.44. The van der Waals surface area contributed by atoms with Crippen molar-refractivity contribution in [2.75, 3.05) is 13.7 Å². The monoisotopic (exact) mass is 313 g/mol. The van der Waals surface area contributed by atoms with Gasteiger partial charge in [-0.2, -0.15) is 0 Å². The quantitative estimate of drug-likeness (QED) is 0.882. The molecule has 2 aromatic rings. The first kappa shape index (κ1) is 16.4. The summed E-state index contributed by atoms with van der Waals surface area (Å²) in [7, 11) is 1.44. The van der Waals surface area contributed by atoms with Gasteiger partial charge < -0.3 is 14.8 Å². The number of hydrogen-bond donors (Lipinski definition) is 1. The number of nitrogens with one attached hydrogen (secondary N) is 1. The molecular weight excluding hydrogens is 297 g/mol. The molecule has 2 rings (SSSR count). The van der Waals surface area contributed by atoms with Crippen LogP contribution in [-0.2, 0) is 11.3 Å². The first-order valence-electron chi connectivity index (χ1n) is 6.96. The Bertz CT molecular complexity index is 720. The number of alkyl carbamates (subject to hydrolysis) is 1. The van der Waals surface area contributed by atoms with Crippen LogP contribution in [0.15, 0.2) is 48.5 Å². The van der Waals surface area contributed by atoms with Crippen LogP contribution in [0.3, 0.4) is 0 Å². The average molecular weight is 313 g/mol. The summed E-state index contributed by atoms with van der Waals surface area (Å²) in [5.74, 6) is 5.53. The largest absolute Gasteiger partial charge is 0.495 e. The molecule has 0 saturated carbocycles. The van der Waals surface area contributed by atoms with E-state index in [1.807, 2.05) is 30.3 Å². The number of benzene rings is 2. The zero-order chi connectivity index (χ0) is 16.5. The molecule has 0 aliphatic carbocycles. The van der Waals surface area contributed by atoms with Crippen molar-refractivity contribution >= 4 is 6.09 Å². The first-order valence-corrected chi connectivity index (χ1v) is 6.96. The number of carbonyl (C=O) groups is 1. The van der Waals surface area contributed by atoms with Gasteiger partial charge in [-0.05, 0) is 17.7 Å². The smallest absolute Gasteiger partial charge is 0.408 e. The number of rotatable bonds is 4. The molecule has 5 heteroatoms. The SMILES string of the molecule is COc1cc(F)ccc1C#CCNC(=O)OCc1ccccc1. The van der Waals surface area contributed by atoms with Crippen molar-refractivity contribution in [3.8, 4) is 17.6 Å². The number of amides is 1. The highest BCUT2D eigenvalue weighted by atomic mass is 19.1. The fourth-order valence-electron chi connectivity index (χ4n) is 1.80. The number of carbonyl (C=O) groups excluding carboxylic acids is 1. The topological polar surface area (TPSA) is 47.6 Å². The van der Waals surface area contributed by atoms with E-state index in [4.69, 9.17) is 9.47 Å². The second-order valence-corrected chi connectivity index (χ2v) is 4.56. The lowest BCUT2D eigenvalue weighted by molar-refractivity contribution is 0.141. The predicted molar refractivity (Wildman–Crippen MR) is 84.5 cm³/mol. The minimum absolute atomic E-state index is 0.119. The summed E-state index contributed by atoms with van der Waals surface area (Å²) < 4.78 is 23.1. The van der Waals surface area contributed by atoms with E-state index in [0.717, 1.165) is 5.56 Å². The molecular formula is C18H16FNO3. The van der Waals surface area contributed by atoms with Gasteiger partial charge in [0.1, 0.15) is 18.2 Å². The number of hydrogen-bond acceptors (Lipinski definition) is 3. The van der Waals surface area contributed by atoms with Crippen molar-refractivity contribution < 1.29 is 18.7 Å². The molecule has 0 atom stereocenters. The number of methoxy groups -OCH3 is 1. The van der Waals surface area contributed by atoms with Crippen LogP contribution >= 0.6 is 0 Å². The van der Waals surface area contributed by atoms with Crippen LogP contribution in [0.2, 0.25) is 0 Å². The molecule has 2 aromatic carbocycles. The summed E-state index contributed by atoms with van der Waals surface area (Å²) in [6, 6.07) is 13.5. The fraction of sp³-hybridized carbons (Fsp3) is 0.167. The van der Waals surface area contributed by atoms with Gasteiger partial charge in [-0.15, -0.1) is 0 Å². The van der Waals surface area contributed by atoms with Crippen molar-refractivity contribution in [1.29, 1.82) is 0 Å². The summed E-state index contributed by atoms with van der Waals surface area (Å²) in [5, 5.41) is 2.52. The Morgan fingerprint density at radius 3 is 2.74 bits per heavy atom. The maximum absolute atomic E-state index is 13.1. The van der Waals surface area contributed by atoms with Crippen LogP contribution in [0.25, 0.3) is 0 Å². The summed E-state index contributed by atoms with van der Waals surface area (Å²) in [5.41, 5.74) is 1.46. The third-order valence-electron chi connectivity index (χ3n) is 2.92. The van der Waals surface area contributed by atoms with Gasteiger partial charge in [-0.3, -0.25) is 0 Å². The molecule has 0 fully saturated rings. The van der Waals surface area contributed by atoms with Gasteiger partial charge in [0.05, 0.1) is 19.2 Å². The van der Waals surface area contributed by atoms with Crippen LogP contribution < -0.4 is 10.1 Å². The zero-order valence-electron chi connectivity index (χ0n) is 12.6. The van der Waals surface area contributed by atoms with Crippen LogP contribution in [0.5, 0.6) is 5.75 Å². The van der Waals surface area contributed by atoms with Gasteiger partial charge in [-0.1, -0.05) is 42.2 Å². The Balaban J connectivity index is 1.80. The van der Waals surface area contributed by atoms with Crippen LogP contribution in [-0.4, -0.2) is 19.7 Å². The standard InChI is InChI=1S/C18H16FNO3/c1-22-17-12-16(19)10-9-15(17)8-5-11-20-18(21)23-13-14-6-3-2-4-7-14/h2-4,6-7,9-10,12H,11,13H2,1H3,(H,20,21). The van der Waals surface area contributed by atoms with Gasteiger partial charge >= 0.3 is 6.09 Å². The molecule has 118 valence electrons. The van der Waals surface area contributed by atoms with E-state index in [1.54, 1.807) is 0 Å². The molecule has 0 bridgehead atoms. The molecule has 0 aromatic heterocycles. The van der Waals surface area contributed by atoms with Gasteiger partial charge in [-0.25, -0.2) is 9.18 Å². The van der Waals surface area contributed by atoms with Crippen LogP contribution in [0, 0.1) is 17.7 Å². The highest BCUT2D eigenvalue weighted by Crippen LogP contribution is 2.17. The highest BCUT2D eigenvalue weighted by Gasteiger charge is 2.02. The van der Waals surface area contributed by atoms with Crippen molar-refractivity contribution in [2.24, 2.45) is 0 Å². The van der Waals surface area contributed by atoms with Gasteiger partial charge in [0, 0.05) is 6.07 Å². The normalized spacial score (nSPS) is 9.48.